The topological polar surface area (TPSA) is 64.4 Å². The Morgan fingerprint density at radius 2 is 2.05 bits per heavy atom. The van der Waals surface area contributed by atoms with E-state index in [4.69, 9.17) is 4.74 Å². The zero-order valence-corrected chi connectivity index (χ0v) is 13.2. The Kier molecular flexibility index (Phi) is 4.83. The van der Waals surface area contributed by atoms with Gasteiger partial charge in [-0.25, -0.2) is 0 Å². The predicted molar refractivity (Wildman–Crippen MR) is 83.8 cm³/mol. The molecule has 0 radical (unpaired) electrons. The minimum absolute atomic E-state index is 0.176. The molecule has 116 valence electrons. The molecule has 1 aliphatic heterocycles. The van der Waals surface area contributed by atoms with E-state index in [2.05, 4.69) is 19.2 Å². The Hall–Kier alpha value is -1.62. The normalized spacial score (nSPS) is 22.3. The van der Waals surface area contributed by atoms with Gasteiger partial charge in [-0.2, -0.15) is 0 Å². The van der Waals surface area contributed by atoms with E-state index >= 15 is 0 Å². The highest BCUT2D eigenvalue weighted by Gasteiger charge is 2.25. The number of hydrogen-bond acceptors (Lipinski definition) is 4. The molecule has 2 unspecified atom stereocenters. The first-order valence-corrected chi connectivity index (χ1v) is 7.52. The molecule has 1 aliphatic rings. The lowest BCUT2D eigenvalue weighted by atomic mass is 9.95. The monoisotopic (exact) mass is 292 g/mol. The van der Waals surface area contributed by atoms with Gasteiger partial charge in [0.25, 0.3) is 5.69 Å². The molecule has 0 aliphatic carbocycles. The summed E-state index contributed by atoms with van der Waals surface area (Å²) in [6.45, 7) is 8.83. The van der Waals surface area contributed by atoms with Gasteiger partial charge in [0.15, 0.2) is 0 Å². The van der Waals surface area contributed by atoms with Crippen LogP contribution in [0.25, 0.3) is 0 Å². The van der Waals surface area contributed by atoms with E-state index in [0.717, 1.165) is 30.7 Å². The maximum Gasteiger partial charge on any atom is 0.274 e. The molecule has 5 nitrogen and oxygen atoms in total. The van der Waals surface area contributed by atoms with Crippen LogP contribution in [-0.4, -0.2) is 23.7 Å². The van der Waals surface area contributed by atoms with E-state index in [9.17, 15) is 10.1 Å². The van der Waals surface area contributed by atoms with E-state index in [-0.39, 0.29) is 16.7 Å². The molecule has 1 aromatic carbocycles. The maximum atomic E-state index is 11.1. The molecule has 1 heterocycles. The molecular weight excluding hydrogens is 268 g/mol. The van der Waals surface area contributed by atoms with Crippen LogP contribution in [0.3, 0.4) is 0 Å². The number of nitro groups is 1. The SMILES string of the molecule is Cc1cc(C)c([N+](=O)[O-])cc1NC1CCOC(C(C)C)C1. The summed E-state index contributed by atoms with van der Waals surface area (Å²) in [5, 5.41) is 14.5. The van der Waals surface area contributed by atoms with Crippen molar-refractivity contribution in [3.63, 3.8) is 0 Å². The number of rotatable bonds is 4. The Labute approximate surface area is 125 Å². The standard InChI is InChI=1S/C16H24N2O3/c1-10(2)16-8-13(5-6-21-16)17-14-9-15(18(19)20)12(4)7-11(14)3/h7,9-10,13,16-17H,5-6,8H2,1-4H3. The van der Waals surface area contributed by atoms with Gasteiger partial charge in [-0.1, -0.05) is 13.8 Å². The van der Waals surface area contributed by atoms with E-state index in [1.165, 1.54) is 0 Å². The Bertz CT molecular complexity index is 528. The van der Waals surface area contributed by atoms with Gasteiger partial charge in [0.2, 0.25) is 0 Å². The number of ether oxygens (including phenoxy) is 1. The first-order chi connectivity index (χ1) is 9.88. The smallest absolute Gasteiger partial charge is 0.274 e. The molecular formula is C16H24N2O3. The lowest BCUT2D eigenvalue weighted by molar-refractivity contribution is -0.385. The van der Waals surface area contributed by atoms with E-state index in [0.29, 0.717) is 17.5 Å². The average molecular weight is 292 g/mol. The summed E-state index contributed by atoms with van der Waals surface area (Å²) in [7, 11) is 0. The Morgan fingerprint density at radius 3 is 2.67 bits per heavy atom. The third-order valence-electron chi connectivity index (χ3n) is 4.16. The molecule has 21 heavy (non-hydrogen) atoms. The summed E-state index contributed by atoms with van der Waals surface area (Å²) >= 11 is 0. The third-order valence-corrected chi connectivity index (χ3v) is 4.16. The highest BCUT2D eigenvalue weighted by molar-refractivity contribution is 5.60. The van der Waals surface area contributed by atoms with Crippen LogP contribution in [-0.2, 0) is 4.74 Å². The molecule has 5 heteroatoms. The molecule has 0 aromatic heterocycles. The van der Waals surface area contributed by atoms with Gasteiger partial charge >= 0.3 is 0 Å². The number of nitro benzene ring substituents is 1. The summed E-state index contributed by atoms with van der Waals surface area (Å²) in [5.74, 6) is 0.489. The van der Waals surface area contributed by atoms with E-state index in [1.54, 1.807) is 13.0 Å². The zero-order valence-electron chi connectivity index (χ0n) is 13.2. The van der Waals surface area contributed by atoms with Gasteiger partial charge in [0.05, 0.1) is 11.0 Å². The molecule has 0 bridgehead atoms. The van der Waals surface area contributed by atoms with Crippen LogP contribution in [0.1, 0.15) is 37.8 Å². The maximum absolute atomic E-state index is 11.1. The molecule has 0 spiro atoms. The second kappa shape index (κ2) is 6.43. The zero-order chi connectivity index (χ0) is 15.6. The van der Waals surface area contributed by atoms with Crippen molar-refractivity contribution < 1.29 is 9.66 Å². The van der Waals surface area contributed by atoms with Crippen molar-refractivity contribution >= 4 is 11.4 Å². The molecule has 1 saturated heterocycles. The number of benzene rings is 1. The Morgan fingerprint density at radius 1 is 1.33 bits per heavy atom. The number of hydrogen-bond donors (Lipinski definition) is 1. The molecule has 2 rings (SSSR count). The van der Waals surface area contributed by atoms with Crippen LogP contribution >= 0.6 is 0 Å². The van der Waals surface area contributed by atoms with Gasteiger partial charge in [-0.05, 0) is 44.2 Å². The highest BCUT2D eigenvalue weighted by Crippen LogP contribution is 2.29. The molecule has 0 amide bonds. The van der Waals surface area contributed by atoms with Crippen molar-refractivity contribution in [2.24, 2.45) is 5.92 Å². The summed E-state index contributed by atoms with van der Waals surface area (Å²) < 4.78 is 5.77. The molecule has 1 fully saturated rings. The summed E-state index contributed by atoms with van der Waals surface area (Å²) in [6, 6.07) is 3.84. The molecule has 1 N–H and O–H groups in total. The van der Waals surface area contributed by atoms with Crippen LogP contribution < -0.4 is 5.32 Å². The quantitative estimate of drug-likeness (QED) is 0.676. The van der Waals surface area contributed by atoms with Crippen molar-refractivity contribution in [2.45, 2.75) is 52.7 Å². The molecule has 0 saturated carbocycles. The fourth-order valence-electron chi connectivity index (χ4n) is 2.84. The van der Waals surface area contributed by atoms with Gasteiger partial charge in [0.1, 0.15) is 0 Å². The highest BCUT2D eigenvalue weighted by atomic mass is 16.6. The van der Waals surface area contributed by atoms with Crippen molar-refractivity contribution in [3.8, 4) is 0 Å². The fraction of sp³-hybridized carbons (Fsp3) is 0.625. The van der Waals surface area contributed by atoms with Crippen LogP contribution in [0.5, 0.6) is 0 Å². The lowest BCUT2D eigenvalue weighted by Gasteiger charge is -2.33. The van der Waals surface area contributed by atoms with Gasteiger partial charge < -0.3 is 10.1 Å². The van der Waals surface area contributed by atoms with Crippen molar-refractivity contribution in [2.75, 3.05) is 11.9 Å². The average Bonchev–Trinajstić information content (AvgIpc) is 2.41. The third kappa shape index (κ3) is 3.73. The second-order valence-electron chi connectivity index (χ2n) is 6.23. The van der Waals surface area contributed by atoms with Crippen molar-refractivity contribution in [1.82, 2.24) is 0 Å². The summed E-state index contributed by atoms with van der Waals surface area (Å²) in [5.41, 5.74) is 2.79. The van der Waals surface area contributed by atoms with Gasteiger partial charge in [-0.3, -0.25) is 10.1 Å². The molecule has 1 aromatic rings. The van der Waals surface area contributed by atoms with Crippen molar-refractivity contribution in [3.05, 3.63) is 33.4 Å². The minimum atomic E-state index is -0.319. The number of nitrogens with zero attached hydrogens (tertiary/aromatic N) is 1. The van der Waals surface area contributed by atoms with E-state index < -0.39 is 0 Å². The van der Waals surface area contributed by atoms with Crippen LogP contribution in [0.4, 0.5) is 11.4 Å². The predicted octanol–water partition coefficient (Wildman–Crippen LogP) is 3.83. The van der Waals surface area contributed by atoms with Crippen LogP contribution in [0.15, 0.2) is 12.1 Å². The van der Waals surface area contributed by atoms with Gasteiger partial charge in [0, 0.05) is 30.0 Å². The fourth-order valence-corrected chi connectivity index (χ4v) is 2.84. The number of nitrogens with one attached hydrogen (secondary N) is 1. The Balaban J connectivity index is 2.15. The van der Waals surface area contributed by atoms with Crippen LogP contribution in [0.2, 0.25) is 0 Å². The van der Waals surface area contributed by atoms with Crippen LogP contribution in [0, 0.1) is 29.9 Å². The van der Waals surface area contributed by atoms with E-state index in [1.807, 2.05) is 13.0 Å². The molecule has 2 atom stereocenters. The number of aryl methyl sites for hydroxylation is 2. The first kappa shape index (κ1) is 15.8. The summed E-state index contributed by atoms with van der Waals surface area (Å²) in [4.78, 5) is 10.8. The second-order valence-corrected chi connectivity index (χ2v) is 6.23. The summed E-state index contributed by atoms with van der Waals surface area (Å²) in [6.07, 6.45) is 2.14. The first-order valence-electron chi connectivity index (χ1n) is 7.52. The largest absolute Gasteiger partial charge is 0.382 e. The van der Waals surface area contributed by atoms with Gasteiger partial charge in [-0.15, -0.1) is 0 Å². The minimum Gasteiger partial charge on any atom is -0.382 e. The lowest BCUT2D eigenvalue weighted by Crippen LogP contribution is -2.36. The number of anilines is 1. The van der Waals surface area contributed by atoms with Crippen molar-refractivity contribution in [1.29, 1.82) is 0 Å².